The lowest BCUT2D eigenvalue weighted by Gasteiger charge is -2.14. The van der Waals surface area contributed by atoms with Gasteiger partial charge in [-0.15, -0.1) is 0 Å². The first-order valence-corrected chi connectivity index (χ1v) is 10.7. The summed E-state index contributed by atoms with van der Waals surface area (Å²) in [7, 11) is 1.94. The maximum Gasteiger partial charge on any atom is 0.137 e. The number of pyridine rings is 1. The molecule has 0 amide bonds. The summed E-state index contributed by atoms with van der Waals surface area (Å²) in [6.45, 7) is 3.80. The highest BCUT2D eigenvalue weighted by molar-refractivity contribution is 5.99. The number of benzene rings is 2. The minimum atomic E-state index is -0.240. The van der Waals surface area contributed by atoms with Gasteiger partial charge in [-0.2, -0.15) is 0 Å². The molecule has 3 heterocycles. The zero-order valence-electron chi connectivity index (χ0n) is 18.1. The topological polar surface area (TPSA) is 72.0 Å². The Morgan fingerprint density at radius 2 is 1.97 bits per heavy atom. The Morgan fingerprint density at radius 1 is 1.06 bits per heavy atom. The molecule has 162 valence electrons. The number of aryl methyl sites for hydroxylation is 1. The number of hydrogen-bond donors (Lipinski definition) is 2. The second kappa shape index (κ2) is 8.51. The van der Waals surface area contributed by atoms with Crippen molar-refractivity contribution >= 4 is 16.7 Å². The van der Waals surface area contributed by atoms with Gasteiger partial charge in [0, 0.05) is 48.6 Å². The van der Waals surface area contributed by atoms with Crippen LogP contribution < -0.4 is 15.4 Å². The number of ether oxygens (including phenoxy) is 1. The number of rotatable bonds is 6. The Kier molecular flexibility index (Phi) is 5.41. The molecule has 6 nitrogen and oxygen atoms in total. The monoisotopic (exact) mass is 429 g/mol. The van der Waals surface area contributed by atoms with Crippen LogP contribution in [0.4, 0.5) is 10.2 Å². The van der Waals surface area contributed by atoms with E-state index in [1.54, 1.807) is 18.6 Å². The first kappa shape index (κ1) is 20.3. The van der Waals surface area contributed by atoms with Crippen molar-refractivity contribution in [3.05, 3.63) is 77.1 Å². The summed E-state index contributed by atoms with van der Waals surface area (Å²) < 4.78 is 20.1. The minimum absolute atomic E-state index is 0.240. The summed E-state index contributed by atoms with van der Waals surface area (Å²) in [5.74, 6) is 1.15. The Balaban J connectivity index is 1.51. The van der Waals surface area contributed by atoms with Gasteiger partial charge in [-0.3, -0.25) is 0 Å². The lowest BCUT2D eigenvalue weighted by Crippen LogP contribution is -2.07. The predicted octanol–water partition coefficient (Wildman–Crippen LogP) is 4.41. The molecule has 0 unspecified atom stereocenters. The van der Waals surface area contributed by atoms with E-state index in [1.165, 1.54) is 11.6 Å². The maximum atomic E-state index is 14.5. The summed E-state index contributed by atoms with van der Waals surface area (Å²) >= 11 is 0. The normalized spacial score (nSPS) is 12.6. The molecule has 5 rings (SSSR count). The van der Waals surface area contributed by atoms with Crippen molar-refractivity contribution < 1.29 is 9.13 Å². The molecule has 1 aliphatic rings. The van der Waals surface area contributed by atoms with Gasteiger partial charge in [0.05, 0.1) is 17.5 Å². The minimum Gasteiger partial charge on any atom is -0.493 e. The standard InChI is InChI=1S/C25H24FN5O/c1-15-9-16(10-27-2)3-4-17(15)20-13-30-25(21-11-28-14-31-24(20)21)29-12-19-18-7-8-32-23(18)6-5-22(19)26/h3-6,9,11,13-14,27H,7-8,10,12H2,1-2H3,(H,29,30). The van der Waals surface area contributed by atoms with Gasteiger partial charge in [-0.25, -0.2) is 19.3 Å². The molecule has 2 N–H and O–H groups in total. The lowest BCUT2D eigenvalue weighted by molar-refractivity contribution is 0.356. The fourth-order valence-corrected chi connectivity index (χ4v) is 4.34. The van der Waals surface area contributed by atoms with Gasteiger partial charge >= 0.3 is 0 Å². The van der Waals surface area contributed by atoms with Gasteiger partial charge in [0.25, 0.3) is 0 Å². The predicted molar refractivity (Wildman–Crippen MR) is 123 cm³/mol. The zero-order valence-corrected chi connectivity index (χ0v) is 18.1. The molecule has 0 spiro atoms. The average Bonchev–Trinajstić information content (AvgIpc) is 3.28. The van der Waals surface area contributed by atoms with E-state index in [2.05, 4.69) is 50.7 Å². The second-order valence-electron chi connectivity index (χ2n) is 7.94. The van der Waals surface area contributed by atoms with E-state index in [0.717, 1.165) is 45.5 Å². The Hall–Kier alpha value is -3.58. The van der Waals surface area contributed by atoms with Gasteiger partial charge in [0.2, 0.25) is 0 Å². The summed E-state index contributed by atoms with van der Waals surface area (Å²) in [6.07, 6.45) is 5.83. The van der Waals surface area contributed by atoms with Crippen LogP contribution in [-0.2, 0) is 19.5 Å². The lowest BCUT2D eigenvalue weighted by atomic mass is 9.98. The van der Waals surface area contributed by atoms with Crippen molar-refractivity contribution in [1.29, 1.82) is 0 Å². The smallest absolute Gasteiger partial charge is 0.137 e. The molecule has 1 aliphatic heterocycles. The van der Waals surface area contributed by atoms with E-state index in [1.807, 2.05) is 13.2 Å². The summed E-state index contributed by atoms with van der Waals surface area (Å²) in [6, 6.07) is 9.54. The van der Waals surface area contributed by atoms with E-state index < -0.39 is 0 Å². The van der Waals surface area contributed by atoms with Crippen LogP contribution in [0.2, 0.25) is 0 Å². The Labute approximate surface area is 185 Å². The van der Waals surface area contributed by atoms with Crippen LogP contribution in [0.15, 0.2) is 49.1 Å². The quantitative estimate of drug-likeness (QED) is 0.473. The third kappa shape index (κ3) is 3.65. The van der Waals surface area contributed by atoms with Crippen molar-refractivity contribution in [3.8, 4) is 16.9 Å². The number of nitrogens with zero attached hydrogens (tertiary/aromatic N) is 3. The highest BCUT2D eigenvalue weighted by atomic mass is 19.1. The van der Waals surface area contributed by atoms with Crippen LogP contribution in [-0.4, -0.2) is 28.6 Å². The zero-order chi connectivity index (χ0) is 22.1. The summed E-state index contributed by atoms with van der Waals surface area (Å²) in [5.41, 5.74) is 6.75. The molecule has 0 saturated heterocycles. The molecule has 0 bridgehead atoms. The van der Waals surface area contributed by atoms with E-state index in [9.17, 15) is 4.39 Å². The van der Waals surface area contributed by atoms with Crippen molar-refractivity contribution in [2.45, 2.75) is 26.4 Å². The van der Waals surface area contributed by atoms with Crippen LogP contribution >= 0.6 is 0 Å². The van der Waals surface area contributed by atoms with Crippen LogP contribution in [0.5, 0.6) is 5.75 Å². The van der Waals surface area contributed by atoms with Crippen molar-refractivity contribution in [2.24, 2.45) is 0 Å². The summed E-state index contributed by atoms with van der Waals surface area (Å²) in [4.78, 5) is 13.4. The molecule has 0 atom stereocenters. The van der Waals surface area contributed by atoms with E-state index in [0.29, 0.717) is 31.0 Å². The first-order chi connectivity index (χ1) is 15.7. The molecule has 0 radical (unpaired) electrons. The molecule has 4 aromatic rings. The molecular weight excluding hydrogens is 405 g/mol. The van der Waals surface area contributed by atoms with Crippen LogP contribution in [0.25, 0.3) is 22.0 Å². The van der Waals surface area contributed by atoms with Gasteiger partial charge in [0.1, 0.15) is 23.7 Å². The third-order valence-corrected chi connectivity index (χ3v) is 5.88. The SMILES string of the molecule is CNCc1ccc(-c2cnc(NCc3c(F)ccc4c3CCO4)c3cncnc23)c(C)c1. The van der Waals surface area contributed by atoms with E-state index in [-0.39, 0.29) is 5.82 Å². The van der Waals surface area contributed by atoms with Gasteiger partial charge < -0.3 is 15.4 Å². The molecule has 2 aromatic heterocycles. The molecule has 0 fully saturated rings. The Bertz CT molecular complexity index is 1310. The second-order valence-corrected chi connectivity index (χ2v) is 7.94. The van der Waals surface area contributed by atoms with E-state index >= 15 is 0 Å². The maximum absolute atomic E-state index is 14.5. The average molecular weight is 429 g/mol. The third-order valence-electron chi connectivity index (χ3n) is 5.88. The number of aromatic nitrogens is 3. The van der Waals surface area contributed by atoms with Crippen molar-refractivity contribution in [2.75, 3.05) is 19.0 Å². The fraction of sp³-hybridized carbons (Fsp3) is 0.240. The van der Waals surface area contributed by atoms with Gasteiger partial charge in [-0.1, -0.05) is 18.2 Å². The van der Waals surface area contributed by atoms with Crippen LogP contribution in [0.1, 0.15) is 22.3 Å². The van der Waals surface area contributed by atoms with Crippen LogP contribution in [0.3, 0.4) is 0 Å². The number of nitrogens with one attached hydrogen (secondary N) is 2. The molecule has 0 saturated carbocycles. The van der Waals surface area contributed by atoms with Gasteiger partial charge in [0.15, 0.2) is 0 Å². The van der Waals surface area contributed by atoms with Crippen molar-refractivity contribution in [1.82, 2.24) is 20.3 Å². The highest BCUT2D eigenvalue weighted by Crippen LogP contribution is 2.34. The number of halogens is 1. The van der Waals surface area contributed by atoms with Gasteiger partial charge in [-0.05, 0) is 42.8 Å². The fourth-order valence-electron chi connectivity index (χ4n) is 4.34. The summed E-state index contributed by atoms with van der Waals surface area (Å²) in [5, 5.41) is 7.28. The Morgan fingerprint density at radius 3 is 2.81 bits per heavy atom. The molecule has 7 heteroatoms. The highest BCUT2D eigenvalue weighted by Gasteiger charge is 2.20. The number of fused-ring (bicyclic) bond motifs is 2. The molecule has 32 heavy (non-hydrogen) atoms. The van der Waals surface area contributed by atoms with Crippen LogP contribution in [0, 0.1) is 12.7 Å². The number of hydrogen-bond acceptors (Lipinski definition) is 6. The molecule has 0 aliphatic carbocycles. The van der Waals surface area contributed by atoms with E-state index in [4.69, 9.17) is 4.74 Å². The largest absolute Gasteiger partial charge is 0.493 e. The molecule has 2 aromatic carbocycles. The first-order valence-electron chi connectivity index (χ1n) is 10.7. The number of anilines is 1. The molecular formula is C25H24FN5O. The van der Waals surface area contributed by atoms with Crippen molar-refractivity contribution in [3.63, 3.8) is 0 Å².